The monoisotopic (exact) mass is 586 g/mol. The highest BCUT2D eigenvalue weighted by Crippen LogP contribution is 2.32. The fraction of sp³-hybridized carbons (Fsp3) is 0.517. The molecule has 1 aromatic heterocycles. The molecule has 5 rings (SSSR count). The number of benzene rings is 1. The number of halogens is 3. The number of Topliss-reactive ketones (excluding diaryl/α,β-unsaturated/α-hetero) is 1. The van der Waals surface area contributed by atoms with E-state index in [0.717, 1.165) is 12.3 Å². The van der Waals surface area contributed by atoms with Crippen molar-refractivity contribution >= 4 is 29.5 Å². The van der Waals surface area contributed by atoms with Crippen LogP contribution in [0.15, 0.2) is 42.6 Å². The summed E-state index contributed by atoms with van der Waals surface area (Å²) in [7, 11) is 0. The molecule has 2 aromatic rings. The van der Waals surface area contributed by atoms with Gasteiger partial charge in [0.15, 0.2) is 5.78 Å². The molecule has 3 fully saturated rings. The zero-order valence-corrected chi connectivity index (χ0v) is 23.4. The first-order valence-corrected chi connectivity index (χ1v) is 14.1. The van der Waals surface area contributed by atoms with E-state index in [1.54, 1.807) is 40.1 Å². The van der Waals surface area contributed by atoms with E-state index in [4.69, 9.17) is 0 Å². The molecule has 1 unspecified atom stereocenters. The number of ketones is 1. The number of alkyl halides is 3. The number of amides is 3. The fourth-order valence-corrected chi connectivity index (χ4v) is 6.05. The van der Waals surface area contributed by atoms with E-state index in [0.29, 0.717) is 31.4 Å². The molecule has 3 atom stereocenters. The van der Waals surface area contributed by atoms with Gasteiger partial charge in [0.25, 0.3) is 5.91 Å². The summed E-state index contributed by atoms with van der Waals surface area (Å²) in [4.78, 5) is 65.4. The van der Waals surface area contributed by atoms with Gasteiger partial charge in [-0.25, -0.2) is 9.97 Å². The number of piperidine rings is 1. The molecule has 42 heavy (non-hydrogen) atoms. The normalized spacial score (nSPS) is 22.0. The predicted molar refractivity (Wildman–Crippen MR) is 145 cm³/mol. The van der Waals surface area contributed by atoms with Gasteiger partial charge in [0.05, 0.1) is 12.6 Å². The second kappa shape index (κ2) is 11.7. The number of rotatable bonds is 6. The van der Waals surface area contributed by atoms with Crippen LogP contribution >= 0.6 is 0 Å². The third-order valence-electron chi connectivity index (χ3n) is 8.30. The van der Waals surface area contributed by atoms with Crippen LogP contribution in [0.2, 0.25) is 0 Å². The third kappa shape index (κ3) is 5.82. The van der Waals surface area contributed by atoms with E-state index in [1.165, 1.54) is 4.90 Å². The highest BCUT2D eigenvalue weighted by molar-refractivity contribution is 6.03. The Morgan fingerprint density at radius 3 is 2.31 bits per heavy atom. The number of nitrogens with one attached hydrogen (secondary N) is 1. The van der Waals surface area contributed by atoms with Crippen LogP contribution in [0.4, 0.5) is 19.1 Å². The SMILES string of the molecule is CC(C)C(NC(=O)C1CCN(c2nccc(C(F)(F)F)n2)CC1)C(=O)N1CC[C@@H]2[C@H]1C(=O)CN2C(=O)c1ccccc1. The number of hydrogen-bond acceptors (Lipinski definition) is 7. The molecule has 0 aliphatic carbocycles. The van der Waals surface area contributed by atoms with E-state index in [1.807, 2.05) is 13.8 Å². The maximum Gasteiger partial charge on any atom is 0.433 e. The van der Waals surface area contributed by atoms with E-state index in [2.05, 4.69) is 15.3 Å². The molecule has 224 valence electrons. The van der Waals surface area contributed by atoms with Gasteiger partial charge in [0, 0.05) is 37.3 Å². The Morgan fingerprint density at radius 2 is 1.67 bits per heavy atom. The number of carbonyl (C=O) groups is 4. The lowest BCUT2D eigenvalue weighted by atomic mass is 9.94. The van der Waals surface area contributed by atoms with Gasteiger partial charge in [-0.2, -0.15) is 13.2 Å². The van der Waals surface area contributed by atoms with Crippen molar-refractivity contribution in [3.05, 3.63) is 53.9 Å². The molecule has 0 bridgehead atoms. The number of carbonyl (C=O) groups excluding carboxylic acids is 4. The van der Waals surface area contributed by atoms with Crippen LogP contribution in [-0.2, 0) is 20.6 Å². The van der Waals surface area contributed by atoms with Gasteiger partial charge in [-0.3, -0.25) is 19.2 Å². The third-order valence-corrected chi connectivity index (χ3v) is 8.30. The molecule has 0 radical (unpaired) electrons. The summed E-state index contributed by atoms with van der Waals surface area (Å²) in [5.41, 5.74) is -0.545. The lowest BCUT2D eigenvalue weighted by Crippen LogP contribution is -2.55. The maximum atomic E-state index is 13.7. The van der Waals surface area contributed by atoms with Crippen LogP contribution in [0.5, 0.6) is 0 Å². The van der Waals surface area contributed by atoms with Gasteiger partial charge in [-0.1, -0.05) is 32.0 Å². The Hall–Kier alpha value is -4.03. The molecular formula is C29H33F3N6O4. The van der Waals surface area contributed by atoms with E-state index >= 15 is 0 Å². The molecule has 10 nitrogen and oxygen atoms in total. The zero-order chi connectivity index (χ0) is 30.2. The van der Waals surface area contributed by atoms with Gasteiger partial charge in [-0.15, -0.1) is 0 Å². The van der Waals surface area contributed by atoms with Crippen molar-refractivity contribution in [1.82, 2.24) is 25.1 Å². The van der Waals surface area contributed by atoms with Gasteiger partial charge in [0.1, 0.15) is 17.8 Å². The van der Waals surface area contributed by atoms with Crippen LogP contribution in [0, 0.1) is 11.8 Å². The van der Waals surface area contributed by atoms with Crippen LogP contribution < -0.4 is 10.2 Å². The Morgan fingerprint density at radius 1 is 0.976 bits per heavy atom. The number of nitrogens with zero attached hydrogens (tertiary/aromatic N) is 5. The van der Waals surface area contributed by atoms with E-state index in [-0.39, 0.29) is 55.0 Å². The Balaban J connectivity index is 1.21. The Kier molecular flexibility index (Phi) is 8.20. The summed E-state index contributed by atoms with van der Waals surface area (Å²) in [6.07, 6.45) is -2.34. The van der Waals surface area contributed by atoms with Crippen molar-refractivity contribution in [3.63, 3.8) is 0 Å². The molecule has 3 amide bonds. The minimum atomic E-state index is -4.58. The van der Waals surface area contributed by atoms with Crippen molar-refractivity contribution in [2.75, 3.05) is 31.1 Å². The maximum absolute atomic E-state index is 13.7. The summed E-state index contributed by atoms with van der Waals surface area (Å²) in [6.45, 7) is 4.43. The Labute approximate surface area is 241 Å². The second-order valence-electron chi connectivity index (χ2n) is 11.3. The topological polar surface area (TPSA) is 116 Å². The van der Waals surface area contributed by atoms with Crippen LogP contribution in [0.1, 0.15) is 49.2 Å². The lowest BCUT2D eigenvalue weighted by molar-refractivity contribution is -0.141. The van der Waals surface area contributed by atoms with E-state index in [9.17, 15) is 32.3 Å². The standard InChI is InChI=1S/C29H33F3N6O4/c1-17(2)23(35-25(40)18-9-13-36(14-10-18)28-33-12-8-22(34-28)29(30,31)32)27(42)37-15-11-20-24(37)21(39)16-38(20)26(41)19-6-4-3-5-7-19/h3-8,12,17-18,20,23-24H,9-11,13-16H2,1-2H3,(H,35,40)/t20-,23?,24+/m1/s1. The van der Waals surface area contributed by atoms with Crippen molar-refractivity contribution in [2.45, 2.75) is 57.4 Å². The quantitative estimate of drug-likeness (QED) is 0.553. The minimum absolute atomic E-state index is 0.0384. The number of likely N-dealkylation sites (tertiary alicyclic amines) is 2. The molecule has 1 N–H and O–H groups in total. The molecule has 3 aliphatic heterocycles. The summed E-state index contributed by atoms with van der Waals surface area (Å²) in [6, 6.07) is 7.48. The summed E-state index contributed by atoms with van der Waals surface area (Å²) in [5, 5.41) is 2.88. The number of anilines is 1. The molecule has 4 heterocycles. The van der Waals surface area contributed by atoms with E-state index < -0.39 is 35.9 Å². The van der Waals surface area contributed by atoms with Gasteiger partial charge in [0.2, 0.25) is 17.8 Å². The fourth-order valence-electron chi connectivity index (χ4n) is 6.05. The smallest absolute Gasteiger partial charge is 0.344 e. The summed E-state index contributed by atoms with van der Waals surface area (Å²) < 4.78 is 39.2. The van der Waals surface area contributed by atoms with Crippen LogP contribution in [0.25, 0.3) is 0 Å². The van der Waals surface area contributed by atoms with Gasteiger partial charge >= 0.3 is 6.18 Å². The first-order valence-electron chi connectivity index (χ1n) is 14.1. The minimum Gasteiger partial charge on any atom is -0.344 e. The second-order valence-corrected chi connectivity index (χ2v) is 11.3. The average Bonchev–Trinajstić information content (AvgIpc) is 3.56. The molecule has 3 saturated heterocycles. The first kappa shape index (κ1) is 29.5. The van der Waals surface area contributed by atoms with Crippen molar-refractivity contribution in [2.24, 2.45) is 11.8 Å². The van der Waals surface area contributed by atoms with Gasteiger partial charge in [-0.05, 0) is 43.4 Å². The number of hydrogen-bond donors (Lipinski definition) is 1. The van der Waals surface area contributed by atoms with Gasteiger partial charge < -0.3 is 20.0 Å². The Bertz CT molecular complexity index is 1350. The molecule has 13 heteroatoms. The zero-order valence-electron chi connectivity index (χ0n) is 23.4. The first-order chi connectivity index (χ1) is 20.0. The summed E-state index contributed by atoms with van der Waals surface area (Å²) >= 11 is 0. The van der Waals surface area contributed by atoms with Crippen LogP contribution in [0.3, 0.4) is 0 Å². The molecule has 0 spiro atoms. The van der Waals surface area contributed by atoms with Crippen molar-refractivity contribution in [3.8, 4) is 0 Å². The number of fused-ring (bicyclic) bond motifs is 1. The molecule has 1 aromatic carbocycles. The largest absolute Gasteiger partial charge is 0.433 e. The number of aromatic nitrogens is 2. The summed E-state index contributed by atoms with van der Waals surface area (Å²) in [5.74, 6) is -1.88. The molecule has 3 aliphatic rings. The molecular weight excluding hydrogens is 553 g/mol. The van der Waals surface area contributed by atoms with Crippen molar-refractivity contribution in [1.29, 1.82) is 0 Å². The average molecular weight is 587 g/mol. The predicted octanol–water partition coefficient (Wildman–Crippen LogP) is 2.55. The van der Waals surface area contributed by atoms with Crippen molar-refractivity contribution < 1.29 is 32.3 Å². The molecule has 0 saturated carbocycles. The van der Waals surface area contributed by atoms with Crippen LogP contribution in [-0.4, -0.2) is 87.6 Å². The lowest BCUT2D eigenvalue weighted by Gasteiger charge is -2.34. The highest BCUT2D eigenvalue weighted by atomic mass is 19.4. The highest BCUT2D eigenvalue weighted by Gasteiger charge is 2.52.